The van der Waals surface area contributed by atoms with E-state index in [0.29, 0.717) is 24.3 Å². The van der Waals surface area contributed by atoms with E-state index >= 15 is 0 Å². The summed E-state index contributed by atoms with van der Waals surface area (Å²) in [4.78, 5) is 36.6. The fourth-order valence-corrected chi connectivity index (χ4v) is 3.89. The Morgan fingerprint density at radius 1 is 0.714 bits per heavy atom. The first-order chi connectivity index (χ1) is 20.1. The highest BCUT2D eigenvalue weighted by Gasteiger charge is 2.18. The zero-order chi connectivity index (χ0) is 30.6. The third-order valence-corrected chi connectivity index (χ3v) is 6.31. The van der Waals surface area contributed by atoms with Crippen molar-refractivity contribution < 1.29 is 42.4 Å². The Bertz CT molecular complexity index is 1410. The Morgan fingerprint density at radius 2 is 1.24 bits per heavy atom. The molecule has 0 amide bonds. The Morgan fingerprint density at radius 3 is 1.71 bits per heavy atom. The minimum atomic E-state index is -1.08. The van der Waals surface area contributed by atoms with E-state index in [1.54, 1.807) is 0 Å². The maximum atomic E-state index is 12.4. The number of carbonyl (C=O) groups excluding carboxylic acids is 2. The summed E-state index contributed by atoms with van der Waals surface area (Å²) >= 11 is 0. The van der Waals surface area contributed by atoms with Gasteiger partial charge in [-0.3, -0.25) is 4.79 Å². The largest absolute Gasteiger partial charge is 0.514 e. The van der Waals surface area contributed by atoms with Crippen LogP contribution in [0.5, 0.6) is 17.2 Å². The van der Waals surface area contributed by atoms with Gasteiger partial charge in [0.2, 0.25) is 11.2 Å². The van der Waals surface area contributed by atoms with Gasteiger partial charge in [0.25, 0.3) is 0 Å². The van der Waals surface area contributed by atoms with E-state index in [1.165, 1.54) is 0 Å². The van der Waals surface area contributed by atoms with Gasteiger partial charge >= 0.3 is 12.3 Å². The SMILES string of the molecule is CCC(COC(=O)OCc1cc(=O)c(OC(=O)OCC(CC)Oc2ccc(C)cc2C)co1)Oc1ccc(C)cc1C. The second-order valence-corrected chi connectivity index (χ2v) is 9.92. The summed E-state index contributed by atoms with van der Waals surface area (Å²) in [6, 6.07) is 12.7. The molecule has 0 saturated heterocycles. The molecule has 0 bridgehead atoms. The summed E-state index contributed by atoms with van der Waals surface area (Å²) in [6.07, 6.45) is -0.651. The third-order valence-electron chi connectivity index (χ3n) is 6.31. The van der Waals surface area contributed by atoms with Crippen LogP contribution >= 0.6 is 0 Å². The van der Waals surface area contributed by atoms with Crippen molar-refractivity contribution >= 4 is 12.3 Å². The van der Waals surface area contributed by atoms with Crippen molar-refractivity contribution in [2.24, 2.45) is 0 Å². The standard InChI is InChI=1S/C32H38O10/c1-7-24(40-28-11-9-20(3)13-22(28)5)16-37-31(34)38-18-26-15-27(33)30(19-36-26)42-32(35)39-17-25(8-2)41-29-12-10-21(4)14-23(29)6/h9-15,19,24-25H,7-8,16-18H2,1-6H3. The van der Waals surface area contributed by atoms with Crippen molar-refractivity contribution in [2.45, 2.75) is 73.2 Å². The molecule has 10 nitrogen and oxygen atoms in total. The van der Waals surface area contributed by atoms with Crippen LogP contribution in [-0.2, 0) is 20.8 Å². The quantitative estimate of drug-likeness (QED) is 0.200. The van der Waals surface area contributed by atoms with Gasteiger partial charge in [-0.2, -0.15) is 0 Å². The average Bonchev–Trinajstić information content (AvgIpc) is 2.95. The second kappa shape index (κ2) is 15.5. The topological polar surface area (TPSA) is 120 Å². The van der Waals surface area contributed by atoms with E-state index in [4.69, 9.17) is 32.8 Å². The molecule has 226 valence electrons. The first-order valence-electron chi connectivity index (χ1n) is 13.8. The van der Waals surface area contributed by atoms with Crippen LogP contribution in [0.3, 0.4) is 0 Å². The van der Waals surface area contributed by atoms with Gasteiger partial charge in [0, 0.05) is 6.07 Å². The number of benzene rings is 2. The predicted octanol–water partition coefficient (Wildman–Crippen LogP) is 6.76. The second-order valence-electron chi connectivity index (χ2n) is 9.92. The van der Waals surface area contributed by atoms with Gasteiger partial charge in [-0.15, -0.1) is 0 Å². The highest BCUT2D eigenvalue weighted by Crippen LogP contribution is 2.22. The molecular formula is C32H38O10. The van der Waals surface area contributed by atoms with Crippen molar-refractivity contribution in [3.8, 4) is 17.2 Å². The van der Waals surface area contributed by atoms with Crippen LogP contribution in [0.15, 0.2) is 57.9 Å². The maximum absolute atomic E-state index is 12.4. The molecule has 2 unspecified atom stereocenters. The molecule has 0 saturated carbocycles. The summed E-state index contributed by atoms with van der Waals surface area (Å²) in [5.41, 5.74) is 3.54. The highest BCUT2D eigenvalue weighted by molar-refractivity contribution is 5.63. The molecule has 0 aliphatic rings. The number of carbonyl (C=O) groups is 2. The molecule has 3 aromatic rings. The van der Waals surface area contributed by atoms with Gasteiger partial charge in [0.1, 0.15) is 48.9 Å². The summed E-state index contributed by atoms with van der Waals surface area (Å²) < 4.78 is 37.5. The van der Waals surface area contributed by atoms with E-state index in [-0.39, 0.29) is 37.4 Å². The Hall–Kier alpha value is -4.47. The molecular weight excluding hydrogens is 544 g/mol. The van der Waals surface area contributed by atoms with Gasteiger partial charge in [-0.1, -0.05) is 49.2 Å². The van der Waals surface area contributed by atoms with Gasteiger partial charge in [-0.25, -0.2) is 9.59 Å². The smallest absolute Gasteiger partial charge is 0.487 e. The summed E-state index contributed by atoms with van der Waals surface area (Å²) in [5.74, 6) is 1.07. The van der Waals surface area contributed by atoms with Crippen LogP contribution < -0.4 is 19.6 Å². The normalized spacial score (nSPS) is 12.1. The molecule has 10 heteroatoms. The lowest BCUT2D eigenvalue weighted by Crippen LogP contribution is -2.26. The van der Waals surface area contributed by atoms with Gasteiger partial charge < -0.3 is 32.8 Å². The average molecular weight is 583 g/mol. The molecule has 0 N–H and O–H groups in total. The summed E-state index contributed by atoms with van der Waals surface area (Å²) in [6.45, 7) is 11.2. The molecule has 42 heavy (non-hydrogen) atoms. The predicted molar refractivity (Wildman–Crippen MR) is 154 cm³/mol. The molecule has 0 aliphatic carbocycles. The maximum Gasteiger partial charge on any atom is 0.514 e. The van der Waals surface area contributed by atoms with E-state index in [2.05, 4.69) is 0 Å². The Kier molecular flexibility index (Phi) is 11.8. The van der Waals surface area contributed by atoms with Crippen molar-refractivity contribution in [2.75, 3.05) is 13.2 Å². The zero-order valence-electron chi connectivity index (χ0n) is 24.9. The monoisotopic (exact) mass is 582 g/mol. The Labute approximate surface area is 245 Å². The van der Waals surface area contributed by atoms with Crippen LogP contribution in [-0.4, -0.2) is 37.7 Å². The van der Waals surface area contributed by atoms with Crippen LogP contribution in [0.25, 0.3) is 0 Å². The highest BCUT2D eigenvalue weighted by atomic mass is 16.7. The fourth-order valence-electron chi connectivity index (χ4n) is 3.89. The van der Waals surface area contributed by atoms with Crippen molar-refractivity contribution in [3.63, 3.8) is 0 Å². The van der Waals surface area contributed by atoms with Crippen LogP contribution in [0.2, 0.25) is 0 Å². The molecule has 2 atom stereocenters. The molecule has 0 radical (unpaired) electrons. The lowest BCUT2D eigenvalue weighted by Gasteiger charge is -2.19. The van der Waals surface area contributed by atoms with E-state index in [1.807, 2.05) is 77.9 Å². The number of hydrogen-bond donors (Lipinski definition) is 0. The van der Waals surface area contributed by atoms with E-state index in [0.717, 1.165) is 34.6 Å². The van der Waals surface area contributed by atoms with E-state index in [9.17, 15) is 14.4 Å². The van der Waals surface area contributed by atoms with Gasteiger partial charge in [0.15, 0.2) is 6.61 Å². The Balaban J connectivity index is 1.43. The fraction of sp³-hybridized carbons (Fsp3) is 0.406. The first-order valence-corrected chi connectivity index (χ1v) is 13.8. The van der Waals surface area contributed by atoms with Crippen LogP contribution in [0, 0.1) is 27.7 Å². The molecule has 1 heterocycles. The number of hydrogen-bond acceptors (Lipinski definition) is 10. The lowest BCUT2D eigenvalue weighted by atomic mass is 10.1. The van der Waals surface area contributed by atoms with Gasteiger partial charge in [0.05, 0.1) is 0 Å². The minimum absolute atomic E-state index is 0.0178. The van der Waals surface area contributed by atoms with Crippen molar-refractivity contribution in [3.05, 3.63) is 87.0 Å². The first kappa shape index (κ1) is 32.0. The molecule has 1 aromatic heterocycles. The summed E-state index contributed by atoms with van der Waals surface area (Å²) in [7, 11) is 0. The molecule has 2 aromatic carbocycles. The number of rotatable bonds is 13. The molecule has 3 rings (SSSR count). The van der Waals surface area contributed by atoms with Crippen molar-refractivity contribution in [1.29, 1.82) is 0 Å². The molecule has 0 aliphatic heterocycles. The van der Waals surface area contributed by atoms with Gasteiger partial charge in [-0.05, 0) is 63.8 Å². The summed E-state index contributed by atoms with van der Waals surface area (Å²) in [5, 5.41) is 0. The van der Waals surface area contributed by atoms with Crippen LogP contribution in [0.1, 0.15) is 54.7 Å². The third kappa shape index (κ3) is 9.87. The minimum Gasteiger partial charge on any atom is -0.487 e. The molecule has 0 fully saturated rings. The number of ether oxygens (including phenoxy) is 6. The zero-order valence-corrected chi connectivity index (χ0v) is 24.9. The van der Waals surface area contributed by atoms with Crippen molar-refractivity contribution in [1.82, 2.24) is 0 Å². The lowest BCUT2D eigenvalue weighted by molar-refractivity contribution is 0.0179. The van der Waals surface area contributed by atoms with E-state index < -0.39 is 23.8 Å². The van der Waals surface area contributed by atoms with Crippen LogP contribution in [0.4, 0.5) is 9.59 Å². The molecule has 0 spiro atoms. The number of aryl methyl sites for hydroxylation is 4.